The zero-order valence-electron chi connectivity index (χ0n) is 11.1. The van der Waals surface area contributed by atoms with Gasteiger partial charge in [0.25, 0.3) is 0 Å². The summed E-state index contributed by atoms with van der Waals surface area (Å²) in [6, 6.07) is 8.37. The van der Waals surface area contributed by atoms with Gasteiger partial charge in [0.15, 0.2) is 0 Å². The summed E-state index contributed by atoms with van der Waals surface area (Å²) in [5, 5.41) is 1.16. The third kappa shape index (κ3) is 1.54. The number of nitrogens with two attached hydrogens (primary N) is 1. The number of aryl methyl sites for hydroxylation is 1. The van der Waals surface area contributed by atoms with E-state index in [2.05, 4.69) is 23.7 Å². The van der Waals surface area contributed by atoms with Crippen LogP contribution >= 0.6 is 0 Å². The summed E-state index contributed by atoms with van der Waals surface area (Å²) in [6.07, 6.45) is 4.63. The first-order chi connectivity index (χ1) is 8.65. The molecule has 0 bridgehead atoms. The summed E-state index contributed by atoms with van der Waals surface area (Å²) in [4.78, 5) is 0. The monoisotopic (exact) mass is 244 g/mol. The molecule has 1 saturated carbocycles. The number of methoxy groups -OCH3 is 1. The Balaban J connectivity index is 2.22. The third-order valence-corrected chi connectivity index (χ3v) is 4.27. The number of rotatable bonds is 2. The predicted molar refractivity (Wildman–Crippen MR) is 73.8 cm³/mol. The molecule has 1 aromatic carbocycles. The highest BCUT2D eigenvalue weighted by molar-refractivity contribution is 5.87. The quantitative estimate of drug-likeness (QED) is 0.882. The molecular formula is C15H20N2O. The van der Waals surface area contributed by atoms with Crippen molar-refractivity contribution in [3.05, 3.63) is 30.0 Å². The van der Waals surface area contributed by atoms with Crippen LogP contribution in [0.25, 0.3) is 10.9 Å². The Morgan fingerprint density at radius 2 is 2.00 bits per heavy atom. The first-order valence-electron chi connectivity index (χ1n) is 6.57. The summed E-state index contributed by atoms with van der Waals surface area (Å²) in [5.41, 5.74) is 8.85. The van der Waals surface area contributed by atoms with Crippen LogP contribution in [0.2, 0.25) is 0 Å². The molecule has 0 unspecified atom stereocenters. The number of benzene rings is 1. The van der Waals surface area contributed by atoms with Gasteiger partial charge in [0.2, 0.25) is 0 Å². The fourth-order valence-corrected chi connectivity index (χ4v) is 3.25. The summed E-state index contributed by atoms with van der Waals surface area (Å²) < 4.78 is 7.66. The minimum atomic E-state index is -0.154. The number of nitrogens with zero attached hydrogens (tertiary/aromatic N) is 1. The molecule has 1 aromatic heterocycles. The molecule has 0 spiro atoms. The Morgan fingerprint density at radius 1 is 1.28 bits per heavy atom. The van der Waals surface area contributed by atoms with Gasteiger partial charge in [-0.25, -0.2) is 0 Å². The van der Waals surface area contributed by atoms with Crippen LogP contribution in [0, 0.1) is 0 Å². The average molecular weight is 244 g/mol. The van der Waals surface area contributed by atoms with Gasteiger partial charge in [-0.2, -0.15) is 0 Å². The second kappa shape index (κ2) is 4.02. The Labute approximate surface area is 108 Å². The van der Waals surface area contributed by atoms with Crippen molar-refractivity contribution < 1.29 is 4.74 Å². The Kier molecular flexibility index (Phi) is 2.59. The molecule has 0 radical (unpaired) electrons. The molecule has 2 aromatic rings. The summed E-state index contributed by atoms with van der Waals surface area (Å²) in [7, 11) is 3.82. The van der Waals surface area contributed by atoms with Gasteiger partial charge in [-0.05, 0) is 31.0 Å². The van der Waals surface area contributed by atoms with Crippen LogP contribution in [0.5, 0.6) is 5.75 Å². The second-order valence-electron chi connectivity index (χ2n) is 5.34. The molecule has 1 heterocycles. The fraction of sp³-hybridized carbons (Fsp3) is 0.467. The highest BCUT2D eigenvalue weighted by Crippen LogP contribution is 2.39. The van der Waals surface area contributed by atoms with Crippen molar-refractivity contribution in [2.45, 2.75) is 31.2 Å². The van der Waals surface area contributed by atoms with Crippen LogP contribution in [0.1, 0.15) is 31.4 Å². The largest absolute Gasteiger partial charge is 0.496 e. The molecule has 0 saturated heterocycles. The first-order valence-corrected chi connectivity index (χ1v) is 6.57. The van der Waals surface area contributed by atoms with E-state index in [0.29, 0.717) is 0 Å². The van der Waals surface area contributed by atoms with Crippen LogP contribution in [0.4, 0.5) is 0 Å². The zero-order chi connectivity index (χ0) is 12.8. The summed E-state index contributed by atoms with van der Waals surface area (Å²) in [5.74, 6) is 0.927. The second-order valence-corrected chi connectivity index (χ2v) is 5.34. The lowest BCUT2D eigenvalue weighted by Gasteiger charge is -2.24. The first kappa shape index (κ1) is 11.6. The SMILES string of the molecule is COc1cccc2c1cc(C1(N)CCCC1)n2C. The van der Waals surface area contributed by atoms with Crippen LogP contribution in [-0.4, -0.2) is 11.7 Å². The molecule has 3 nitrogen and oxygen atoms in total. The van der Waals surface area contributed by atoms with E-state index >= 15 is 0 Å². The molecule has 3 rings (SSSR count). The van der Waals surface area contributed by atoms with Crippen molar-refractivity contribution in [1.29, 1.82) is 0 Å². The standard InChI is InChI=1S/C15H20N2O/c1-17-12-6-5-7-13(18-2)11(12)10-14(17)15(16)8-3-4-9-15/h5-7,10H,3-4,8-9,16H2,1-2H3. The van der Waals surface area contributed by atoms with E-state index in [1.165, 1.54) is 24.1 Å². The lowest BCUT2D eigenvalue weighted by atomic mass is 9.94. The van der Waals surface area contributed by atoms with Crippen molar-refractivity contribution >= 4 is 10.9 Å². The molecule has 0 amide bonds. The van der Waals surface area contributed by atoms with E-state index in [1.807, 2.05) is 12.1 Å². The van der Waals surface area contributed by atoms with E-state index in [1.54, 1.807) is 7.11 Å². The maximum atomic E-state index is 6.57. The molecule has 1 fully saturated rings. The minimum Gasteiger partial charge on any atom is -0.496 e. The van der Waals surface area contributed by atoms with Gasteiger partial charge in [-0.15, -0.1) is 0 Å². The minimum absolute atomic E-state index is 0.154. The molecule has 0 aliphatic heterocycles. The van der Waals surface area contributed by atoms with Gasteiger partial charge in [0.1, 0.15) is 5.75 Å². The van der Waals surface area contributed by atoms with Crippen LogP contribution in [0.15, 0.2) is 24.3 Å². The van der Waals surface area contributed by atoms with Gasteiger partial charge in [0, 0.05) is 18.1 Å². The lowest BCUT2D eigenvalue weighted by Crippen LogP contribution is -2.35. The molecule has 2 N–H and O–H groups in total. The number of hydrogen-bond donors (Lipinski definition) is 1. The molecule has 0 atom stereocenters. The smallest absolute Gasteiger partial charge is 0.128 e. The van der Waals surface area contributed by atoms with E-state index in [-0.39, 0.29) is 5.54 Å². The number of fused-ring (bicyclic) bond motifs is 1. The number of aromatic nitrogens is 1. The average Bonchev–Trinajstić information content (AvgIpc) is 2.95. The Hall–Kier alpha value is -1.48. The van der Waals surface area contributed by atoms with E-state index in [9.17, 15) is 0 Å². The van der Waals surface area contributed by atoms with E-state index in [4.69, 9.17) is 10.5 Å². The van der Waals surface area contributed by atoms with E-state index < -0.39 is 0 Å². The molecule has 1 aliphatic rings. The van der Waals surface area contributed by atoms with Gasteiger partial charge in [-0.1, -0.05) is 18.9 Å². The fourth-order valence-electron chi connectivity index (χ4n) is 3.25. The van der Waals surface area contributed by atoms with Crippen molar-refractivity contribution in [2.75, 3.05) is 7.11 Å². The summed E-state index contributed by atoms with van der Waals surface area (Å²) in [6.45, 7) is 0. The Morgan fingerprint density at radius 3 is 2.67 bits per heavy atom. The molecular weight excluding hydrogens is 224 g/mol. The topological polar surface area (TPSA) is 40.2 Å². The maximum Gasteiger partial charge on any atom is 0.128 e. The zero-order valence-corrected chi connectivity index (χ0v) is 11.1. The van der Waals surface area contributed by atoms with Gasteiger partial charge >= 0.3 is 0 Å². The Bertz CT molecular complexity index is 579. The summed E-state index contributed by atoms with van der Waals surface area (Å²) >= 11 is 0. The molecule has 96 valence electrons. The van der Waals surface area contributed by atoms with E-state index in [0.717, 1.165) is 24.0 Å². The maximum absolute atomic E-state index is 6.57. The normalized spacial score (nSPS) is 18.4. The number of hydrogen-bond acceptors (Lipinski definition) is 2. The lowest BCUT2D eigenvalue weighted by molar-refractivity contribution is 0.419. The van der Waals surface area contributed by atoms with Gasteiger partial charge < -0.3 is 15.0 Å². The van der Waals surface area contributed by atoms with Gasteiger partial charge in [0.05, 0.1) is 18.2 Å². The van der Waals surface area contributed by atoms with Crippen LogP contribution in [-0.2, 0) is 12.6 Å². The van der Waals surface area contributed by atoms with Crippen molar-refractivity contribution in [3.63, 3.8) is 0 Å². The van der Waals surface area contributed by atoms with Crippen molar-refractivity contribution in [2.24, 2.45) is 12.8 Å². The van der Waals surface area contributed by atoms with Crippen LogP contribution < -0.4 is 10.5 Å². The molecule has 3 heteroatoms. The third-order valence-electron chi connectivity index (χ3n) is 4.27. The molecule has 1 aliphatic carbocycles. The highest BCUT2D eigenvalue weighted by atomic mass is 16.5. The van der Waals surface area contributed by atoms with Crippen LogP contribution in [0.3, 0.4) is 0 Å². The van der Waals surface area contributed by atoms with Crippen molar-refractivity contribution in [3.8, 4) is 5.75 Å². The van der Waals surface area contributed by atoms with Crippen molar-refractivity contribution in [1.82, 2.24) is 4.57 Å². The van der Waals surface area contributed by atoms with Gasteiger partial charge in [-0.3, -0.25) is 0 Å². The predicted octanol–water partition coefficient (Wildman–Crippen LogP) is 2.91. The number of ether oxygens (including phenoxy) is 1. The highest BCUT2D eigenvalue weighted by Gasteiger charge is 2.34. The molecule has 18 heavy (non-hydrogen) atoms.